The van der Waals surface area contributed by atoms with Gasteiger partial charge in [-0.1, -0.05) is 12.1 Å². The Balaban J connectivity index is 2.11. The molecule has 1 unspecified atom stereocenters. The minimum atomic E-state index is -1.65. The highest BCUT2D eigenvalue weighted by Gasteiger charge is 2.39. The number of imide groups is 1. The molecular formula is C15H16N2O6. The number of carbonyl (C=O) groups is 4. The summed E-state index contributed by atoms with van der Waals surface area (Å²) >= 11 is 0. The van der Waals surface area contributed by atoms with E-state index in [4.69, 9.17) is 4.74 Å². The van der Waals surface area contributed by atoms with Gasteiger partial charge in [0.1, 0.15) is 6.54 Å². The summed E-state index contributed by atoms with van der Waals surface area (Å²) in [5.74, 6) is -3.20. The number of hydrogen-bond donors (Lipinski definition) is 2. The lowest BCUT2D eigenvalue weighted by molar-refractivity contribution is -0.149. The average Bonchev–Trinajstić information content (AvgIpc) is 2.73. The van der Waals surface area contributed by atoms with Gasteiger partial charge in [-0.05, 0) is 19.1 Å². The van der Waals surface area contributed by atoms with E-state index >= 15 is 0 Å². The van der Waals surface area contributed by atoms with Crippen LogP contribution in [0.3, 0.4) is 0 Å². The van der Waals surface area contributed by atoms with Crippen LogP contribution in [0.25, 0.3) is 0 Å². The number of aliphatic carboxylic acids is 1. The first kappa shape index (κ1) is 16.6. The zero-order valence-electron chi connectivity index (χ0n) is 12.7. The van der Waals surface area contributed by atoms with Crippen molar-refractivity contribution in [3.05, 3.63) is 35.4 Å². The molecule has 0 saturated heterocycles. The number of hydrogen-bond acceptors (Lipinski definition) is 5. The maximum atomic E-state index is 12.2. The third-order valence-electron chi connectivity index (χ3n) is 3.50. The second kappa shape index (κ2) is 6.17. The van der Waals surface area contributed by atoms with Crippen LogP contribution in [0.15, 0.2) is 24.3 Å². The summed E-state index contributed by atoms with van der Waals surface area (Å²) in [5, 5.41) is 11.5. The van der Waals surface area contributed by atoms with Crippen LogP contribution in [0.4, 0.5) is 0 Å². The molecule has 1 aliphatic heterocycles. The molecule has 0 aliphatic carbocycles. The SMILES string of the molecule is COCC(C)(NC(=O)CN1C(=O)c2ccccc2C1=O)C(=O)O. The van der Waals surface area contributed by atoms with Crippen molar-refractivity contribution in [2.45, 2.75) is 12.5 Å². The molecule has 1 heterocycles. The smallest absolute Gasteiger partial charge is 0.331 e. The predicted octanol–water partition coefficient (Wildman–Crippen LogP) is -0.112. The molecule has 0 radical (unpaired) electrons. The molecule has 3 amide bonds. The van der Waals surface area contributed by atoms with Crippen molar-refractivity contribution in [1.82, 2.24) is 10.2 Å². The third kappa shape index (κ3) is 3.07. The zero-order chi connectivity index (χ0) is 17.2. The fourth-order valence-corrected chi connectivity index (χ4v) is 2.31. The van der Waals surface area contributed by atoms with Crippen molar-refractivity contribution in [1.29, 1.82) is 0 Å². The van der Waals surface area contributed by atoms with Gasteiger partial charge < -0.3 is 15.2 Å². The van der Waals surface area contributed by atoms with E-state index in [-0.39, 0.29) is 17.7 Å². The number of rotatable bonds is 6. The van der Waals surface area contributed by atoms with E-state index in [1.807, 2.05) is 0 Å². The van der Waals surface area contributed by atoms with Gasteiger partial charge in [0, 0.05) is 7.11 Å². The molecule has 0 aromatic heterocycles. The van der Waals surface area contributed by atoms with Gasteiger partial charge >= 0.3 is 5.97 Å². The van der Waals surface area contributed by atoms with E-state index in [0.29, 0.717) is 0 Å². The largest absolute Gasteiger partial charge is 0.479 e. The number of nitrogens with one attached hydrogen (secondary N) is 1. The normalized spacial score (nSPS) is 16.0. The predicted molar refractivity (Wildman–Crippen MR) is 77.9 cm³/mol. The molecule has 2 N–H and O–H groups in total. The summed E-state index contributed by atoms with van der Waals surface area (Å²) < 4.78 is 4.79. The fraction of sp³-hybridized carbons (Fsp3) is 0.333. The maximum absolute atomic E-state index is 12.2. The van der Waals surface area contributed by atoms with E-state index in [0.717, 1.165) is 4.90 Å². The number of amides is 3. The van der Waals surface area contributed by atoms with Crippen LogP contribution in [-0.2, 0) is 14.3 Å². The second-order valence-electron chi connectivity index (χ2n) is 5.36. The highest BCUT2D eigenvalue weighted by atomic mass is 16.5. The summed E-state index contributed by atoms with van der Waals surface area (Å²) in [6.45, 7) is 0.466. The molecule has 8 heteroatoms. The minimum Gasteiger partial charge on any atom is -0.479 e. The van der Waals surface area contributed by atoms with Gasteiger partial charge in [-0.15, -0.1) is 0 Å². The molecule has 0 bridgehead atoms. The Morgan fingerprint density at radius 1 is 1.22 bits per heavy atom. The molecule has 0 saturated carbocycles. The molecular weight excluding hydrogens is 304 g/mol. The van der Waals surface area contributed by atoms with Gasteiger partial charge in [-0.25, -0.2) is 4.79 Å². The molecule has 0 fully saturated rings. The lowest BCUT2D eigenvalue weighted by atomic mass is 10.0. The van der Waals surface area contributed by atoms with E-state index in [9.17, 15) is 24.3 Å². The monoisotopic (exact) mass is 320 g/mol. The summed E-state index contributed by atoms with van der Waals surface area (Å²) in [5.41, 5.74) is -1.20. The average molecular weight is 320 g/mol. The Morgan fingerprint density at radius 3 is 2.17 bits per heavy atom. The summed E-state index contributed by atoms with van der Waals surface area (Å²) in [6.07, 6.45) is 0. The number of nitrogens with zero attached hydrogens (tertiary/aromatic N) is 1. The standard InChI is InChI=1S/C15H16N2O6/c1-15(8-23-2,14(21)22)16-11(18)7-17-12(19)9-5-3-4-6-10(9)13(17)20/h3-6H,7-8H2,1-2H3,(H,16,18)(H,21,22). The Bertz CT molecular complexity index is 651. The number of carboxylic acids is 1. The first-order valence-corrected chi connectivity index (χ1v) is 6.78. The van der Waals surface area contributed by atoms with Crippen molar-refractivity contribution in [2.75, 3.05) is 20.3 Å². The molecule has 2 rings (SSSR count). The lowest BCUT2D eigenvalue weighted by Gasteiger charge is -2.26. The second-order valence-corrected chi connectivity index (χ2v) is 5.36. The van der Waals surface area contributed by atoms with Crippen LogP contribution < -0.4 is 5.32 Å². The zero-order valence-corrected chi connectivity index (χ0v) is 12.7. The number of methoxy groups -OCH3 is 1. The van der Waals surface area contributed by atoms with Gasteiger partial charge in [-0.3, -0.25) is 19.3 Å². The summed E-state index contributed by atoms with van der Waals surface area (Å²) in [6, 6.07) is 6.24. The summed E-state index contributed by atoms with van der Waals surface area (Å²) in [7, 11) is 1.30. The van der Waals surface area contributed by atoms with Gasteiger partial charge in [-0.2, -0.15) is 0 Å². The van der Waals surface area contributed by atoms with Crippen LogP contribution in [0.5, 0.6) is 0 Å². The number of benzene rings is 1. The highest BCUT2D eigenvalue weighted by Crippen LogP contribution is 2.22. The van der Waals surface area contributed by atoms with E-state index in [2.05, 4.69) is 5.32 Å². The Hall–Kier alpha value is -2.74. The van der Waals surface area contributed by atoms with Crippen molar-refractivity contribution in [3.8, 4) is 0 Å². The van der Waals surface area contributed by atoms with Crippen molar-refractivity contribution in [2.24, 2.45) is 0 Å². The number of ether oxygens (including phenoxy) is 1. The molecule has 0 spiro atoms. The number of fused-ring (bicyclic) bond motifs is 1. The van der Waals surface area contributed by atoms with Crippen LogP contribution in [0.1, 0.15) is 27.6 Å². The van der Waals surface area contributed by atoms with E-state index in [1.165, 1.54) is 26.2 Å². The van der Waals surface area contributed by atoms with Crippen LogP contribution >= 0.6 is 0 Å². The highest BCUT2D eigenvalue weighted by molar-refractivity contribution is 6.22. The van der Waals surface area contributed by atoms with Gasteiger partial charge in [0.2, 0.25) is 5.91 Å². The van der Waals surface area contributed by atoms with E-state index in [1.54, 1.807) is 12.1 Å². The van der Waals surface area contributed by atoms with Crippen LogP contribution in [0.2, 0.25) is 0 Å². The molecule has 23 heavy (non-hydrogen) atoms. The van der Waals surface area contributed by atoms with Crippen LogP contribution in [0, 0.1) is 0 Å². The number of carbonyl (C=O) groups excluding carboxylic acids is 3. The molecule has 1 atom stereocenters. The van der Waals surface area contributed by atoms with Crippen molar-refractivity contribution < 1.29 is 29.0 Å². The molecule has 1 aromatic rings. The van der Waals surface area contributed by atoms with Gasteiger partial charge in [0.05, 0.1) is 17.7 Å². The van der Waals surface area contributed by atoms with E-state index < -0.39 is 35.8 Å². The molecule has 122 valence electrons. The first-order chi connectivity index (χ1) is 10.8. The fourth-order valence-electron chi connectivity index (χ4n) is 2.31. The summed E-state index contributed by atoms with van der Waals surface area (Å²) in [4.78, 5) is 48.4. The van der Waals surface area contributed by atoms with Crippen LogP contribution in [-0.4, -0.2) is 59.5 Å². The van der Waals surface area contributed by atoms with Crippen molar-refractivity contribution >= 4 is 23.7 Å². The topological polar surface area (TPSA) is 113 Å². The first-order valence-electron chi connectivity index (χ1n) is 6.78. The van der Waals surface area contributed by atoms with Gasteiger partial charge in [0.15, 0.2) is 5.54 Å². The maximum Gasteiger partial charge on any atom is 0.331 e. The quantitative estimate of drug-likeness (QED) is 0.707. The molecule has 8 nitrogen and oxygen atoms in total. The third-order valence-corrected chi connectivity index (χ3v) is 3.50. The van der Waals surface area contributed by atoms with Gasteiger partial charge in [0.25, 0.3) is 11.8 Å². The molecule has 1 aliphatic rings. The van der Waals surface area contributed by atoms with Crippen molar-refractivity contribution in [3.63, 3.8) is 0 Å². The Labute approximate surface area is 132 Å². The Kier molecular flexibility index (Phi) is 4.46. The molecule has 1 aromatic carbocycles. The number of carboxylic acid groups (broad SMARTS) is 1. The Morgan fingerprint density at radius 2 is 1.74 bits per heavy atom. The lowest BCUT2D eigenvalue weighted by Crippen LogP contribution is -2.57. The minimum absolute atomic E-state index is 0.225.